The molecular weight excluding hydrogens is 336 g/mol. The summed E-state index contributed by atoms with van der Waals surface area (Å²) in [6, 6.07) is 9.27. The van der Waals surface area contributed by atoms with Gasteiger partial charge in [0.1, 0.15) is 17.3 Å². The third-order valence-electron chi connectivity index (χ3n) is 2.74. The molecule has 2 aromatic rings. The van der Waals surface area contributed by atoms with E-state index in [-0.39, 0.29) is 5.97 Å². The number of carbonyl (C=O) groups excluding carboxylic acids is 1. The summed E-state index contributed by atoms with van der Waals surface area (Å²) in [5.41, 5.74) is 0.909. The number of ether oxygens (including phenoxy) is 2. The second-order valence-electron chi connectivity index (χ2n) is 4.13. The van der Waals surface area contributed by atoms with Crippen LogP contribution in [0.25, 0.3) is 17.4 Å². The van der Waals surface area contributed by atoms with Gasteiger partial charge in [0.05, 0.1) is 13.7 Å². The monoisotopic (exact) mass is 350 g/mol. The van der Waals surface area contributed by atoms with E-state index in [1.54, 1.807) is 26.2 Å². The van der Waals surface area contributed by atoms with Gasteiger partial charge < -0.3 is 13.9 Å². The summed E-state index contributed by atoms with van der Waals surface area (Å²) in [5, 5.41) is 0. The summed E-state index contributed by atoms with van der Waals surface area (Å²) in [6.07, 6.45) is 2.92. The van der Waals surface area contributed by atoms with E-state index < -0.39 is 0 Å². The number of furan rings is 1. The summed E-state index contributed by atoms with van der Waals surface area (Å²) < 4.78 is 16.5. The molecule has 0 amide bonds. The van der Waals surface area contributed by atoms with Crippen molar-refractivity contribution >= 4 is 28.0 Å². The number of methoxy groups -OCH3 is 1. The first-order chi connectivity index (χ1) is 10.1. The van der Waals surface area contributed by atoms with E-state index in [9.17, 15) is 4.79 Å². The molecule has 5 heteroatoms. The number of halogens is 1. The number of benzene rings is 1. The Morgan fingerprint density at radius 3 is 2.81 bits per heavy atom. The van der Waals surface area contributed by atoms with Crippen molar-refractivity contribution in [1.82, 2.24) is 0 Å². The number of hydrogen-bond acceptors (Lipinski definition) is 4. The van der Waals surface area contributed by atoms with E-state index in [0.29, 0.717) is 18.1 Å². The lowest BCUT2D eigenvalue weighted by atomic mass is 10.2. The number of hydrogen-bond donors (Lipinski definition) is 0. The summed E-state index contributed by atoms with van der Waals surface area (Å²) in [7, 11) is 1.62. The number of rotatable bonds is 5. The molecular formula is C16H15BrO4. The minimum absolute atomic E-state index is 0.353. The highest BCUT2D eigenvalue weighted by molar-refractivity contribution is 9.10. The van der Waals surface area contributed by atoms with E-state index in [2.05, 4.69) is 15.9 Å². The van der Waals surface area contributed by atoms with E-state index in [4.69, 9.17) is 13.9 Å². The molecule has 1 aromatic carbocycles. The average Bonchev–Trinajstić information content (AvgIpc) is 2.94. The van der Waals surface area contributed by atoms with E-state index in [1.807, 2.05) is 24.3 Å². The van der Waals surface area contributed by atoms with Gasteiger partial charge in [0.25, 0.3) is 0 Å². The quantitative estimate of drug-likeness (QED) is 0.596. The van der Waals surface area contributed by atoms with Crippen molar-refractivity contribution in [3.05, 3.63) is 46.6 Å². The Balaban J connectivity index is 2.18. The van der Waals surface area contributed by atoms with Gasteiger partial charge in [-0.15, -0.1) is 0 Å². The molecule has 4 nitrogen and oxygen atoms in total. The van der Waals surface area contributed by atoms with E-state index in [0.717, 1.165) is 15.8 Å². The summed E-state index contributed by atoms with van der Waals surface area (Å²) in [6.45, 7) is 2.11. The molecule has 110 valence electrons. The van der Waals surface area contributed by atoms with Gasteiger partial charge in [0, 0.05) is 16.1 Å². The van der Waals surface area contributed by atoms with Crippen LogP contribution in [0.3, 0.4) is 0 Å². The fourth-order valence-corrected chi connectivity index (χ4v) is 2.30. The molecule has 0 aliphatic rings. The van der Waals surface area contributed by atoms with Gasteiger partial charge in [-0.25, -0.2) is 4.79 Å². The molecule has 1 aromatic heterocycles. The molecule has 0 fully saturated rings. The van der Waals surface area contributed by atoms with Crippen molar-refractivity contribution in [2.45, 2.75) is 6.92 Å². The van der Waals surface area contributed by atoms with Crippen LogP contribution in [-0.2, 0) is 9.53 Å². The zero-order valence-corrected chi connectivity index (χ0v) is 13.3. The Hall–Kier alpha value is -2.01. The third kappa shape index (κ3) is 3.98. The fourth-order valence-electron chi connectivity index (χ4n) is 1.75. The highest BCUT2D eigenvalue weighted by Crippen LogP contribution is 2.32. The first kappa shape index (κ1) is 15.4. The third-order valence-corrected chi connectivity index (χ3v) is 3.39. The van der Waals surface area contributed by atoms with Gasteiger partial charge in [-0.2, -0.15) is 0 Å². The maximum absolute atomic E-state index is 11.2. The predicted octanol–water partition coefficient (Wildman–Crippen LogP) is 4.29. The van der Waals surface area contributed by atoms with Crippen LogP contribution in [0.2, 0.25) is 0 Å². The molecule has 1 heterocycles. The van der Waals surface area contributed by atoms with Crippen LogP contribution in [0.4, 0.5) is 0 Å². The van der Waals surface area contributed by atoms with Gasteiger partial charge >= 0.3 is 5.97 Å². The minimum atomic E-state index is -0.388. The lowest BCUT2D eigenvalue weighted by Gasteiger charge is -2.04. The molecule has 0 N–H and O–H groups in total. The normalized spacial score (nSPS) is 10.8. The highest BCUT2D eigenvalue weighted by Gasteiger charge is 2.08. The average molecular weight is 351 g/mol. The van der Waals surface area contributed by atoms with Crippen molar-refractivity contribution < 1.29 is 18.7 Å². The minimum Gasteiger partial charge on any atom is -0.497 e. The molecule has 0 unspecified atom stereocenters. The summed E-state index contributed by atoms with van der Waals surface area (Å²) in [4.78, 5) is 11.2. The molecule has 21 heavy (non-hydrogen) atoms. The summed E-state index contributed by atoms with van der Waals surface area (Å²) in [5.74, 6) is 1.66. The van der Waals surface area contributed by atoms with Crippen LogP contribution in [-0.4, -0.2) is 19.7 Å². The van der Waals surface area contributed by atoms with Crippen molar-refractivity contribution in [3.8, 4) is 17.1 Å². The number of esters is 1. The van der Waals surface area contributed by atoms with Crippen molar-refractivity contribution in [3.63, 3.8) is 0 Å². The highest BCUT2D eigenvalue weighted by atomic mass is 79.9. The summed E-state index contributed by atoms with van der Waals surface area (Å²) >= 11 is 3.48. The zero-order chi connectivity index (χ0) is 15.2. The van der Waals surface area contributed by atoms with Gasteiger partial charge in [-0.3, -0.25) is 0 Å². The van der Waals surface area contributed by atoms with Crippen LogP contribution in [0.15, 0.2) is 45.3 Å². The predicted molar refractivity (Wildman–Crippen MR) is 84.1 cm³/mol. The molecule has 0 saturated carbocycles. The van der Waals surface area contributed by atoms with Crippen molar-refractivity contribution in [1.29, 1.82) is 0 Å². The van der Waals surface area contributed by atoms with Crippen LogP contribution in [0.5, 0.6) is 5.75 Å². The maximum Gasteiger partial charge on any atom is 0.330 e. The molecule has 2 rings (SSSR count). The second kappa shape index (κ2) is 7.13. The lowest BCUT2D eigenvalue weighted by Crippen LogP contribution is -1.98. The Morgan fingerprint density at radius 1 is 1.33 bits per heavy atom. The first-order valence-corrected chi connectivity index (χ1v) is 7.22. The SMILES string of the molecule is CCOC(=O)/C=C/c1ccc(-c2ccc(OC)cc2Br)o1. The smallest absolute Gasteiger partial charge is 0.330 e. The standard InChI is InChI=1S/C16H15BrO4/c1-3-20-16(18)9-6-11-5-8-15(21-11)13-7-4-12(19-2)10-14(13)17/h4-10H,3H2,1-2H3/b9-6+. The van der Waals surface area contributed by atoms with Gasteiger partial charge in [-0.05, 0) is 59.3 Å². The van der Waals surface area contributed by atoms with Crippen LogP contribution in [0.1, 0.15) is 12.7 Å². The molecule has 0 bridgehead atoms. The lowest BCUT2D eigenvalue weighted by molar-refractivity contribution is -0.137. The largest absolute Gasteiger partial charge is 0.497 e. The molecule has 0 atom stereocenters. The molecule has 0 aliphatic heterocycles. The molecule has 0 aliphatic carbocycles. The van der Waals surface area contributed by atoms with Crippen molar-refractivity contribution in [2.24, 2.45) is 0 Å². The zero-order valence-electron chi connectivity index (χ0n) is 11.8. The number of carbonyl (C=O) groups is 1. The molecule has 0 spiro atoms. The van der Waals surface area contributed by atoms with E-state index >= 15 is 0 Å². The maximum atomic E-state index is 11.2. The van der Waals surface area contributed by atoms with E-state index in [1.165, 1.54) is 6.08 Å². The van der Waals surface area contributed by atoms with Gasteiger partial charge in [0.15, 0.2) is 0 Å². The van der Waals surface area contributed by atoms with Crippen molar-refractivity contribution in [2.75, 3.05) is 13.7 Å². The molecule has 0 radical (unpaired) electrons. The van der Waals surface area contributed by atoms with Crippen LogP contribution < -0.4 is 4.74 Å². The van der Waals surface area contributed by atoms with Crippen LogP contribution >= 0.6 is 15.9 Å². The Bertz CT molecular complexity index is 658. The fraction of sp³-hybridized carbons (Fsp3) is 0.188. The van der Waals surface area contributed by atoms with Gasteiger partial charge in [0.2, 0.25) is 0 Å². The second-order valence-corrected chi connectivity index (χ2v) is 4.99. The Morgan fingerprint density at radius 2 is 2.14 bits per heavy atom. The Kier molecular flexibility index (Phi) is 5.22. The Labute approximate surface area is 131 Å². The topological polar surface area (TPSA) is 48.7 Å². The first-order valence-electron chi connectivity index (χ1n) is 6.42. The van der Waals surface area contributed by atoms with Gasteiger partial charge in [-0.1, -0.05) is 0 Å². The van der Waals surface area contributed by atoms with Crippen LogP contribution in [0, 0.1) is 0 Å². The molecule has 0 saturated heterocycles.